The standard InChI is InChI=1S/C2H4O3.K.Zr/c3-1-2(4)5;;/h3H,1H2,(H,4,5);;/q;+1;/p-1. The van der Waals surface area contributed by atoms with Gasteiger partial charge in [0.25, 0.3) is 0 Å². The van der Waals surface area contributed by atoms with Gasteiger partial charge in [-0.3, -0.25) is 0 Å². The smallest absolute Gasteiger partial charge is 0.548 e. The van der Waals surface area contributed by atoms with Crippen molar-refractivity contribution >= 4 is 5.97 Å². The zero-order valence-corrected chi connectivity index (χ0v) is 9.55. The molecule has 7 heavy (non-hydrogen) atoms. The van der Waals surface area contributed by atoms with Gasteiger partial charge in [-0.1, -0.05) is 0 Å². The van der Waals surface area contributed by atoms with Crippen molar-refractivity contribution in [2.75, 3.05) is 6.61 Å². The predicted molar refractivity (Wildman–Crippen MR) is 12.1 cm³/mol. The summed E-state index contributed by atoms with van der Waals surface area (Å²) in [5.41, 5.74) is 0. The van der Waals surface area contributed by atoms with Crippen molar-refractivity contribution < 1.29 is 92.6 Å². The average Bonchev–Trinajstić information content (AvgIpc) is 1.38. The molecule has 0 aliphatic heterocycles. The van der Waals surface area contributed by atoms with E-state index in [0.29, 0.717) is 0 Å². The molecule has 0 radical (unpaired) electrons. The van der Waals surface area contributed by atoms with Crippen molar-refractivity contribution in [2.24, 2.45) is 0 Å². The number of hydrogen-bond donors (Lipinski definition) is 1. The maximum absolute atomic E-state index is 9.01. The van der Waals surface area contributed by atoms with Crippen LogP contribution in [-0.4, -0.2) is 17.7 Å². The van der Waals surface area contributed by atoms with Crippen LogP contribution >= 0.6 is 0 Å². The van der Waals surface area contributed by atoms with Crippen LogP contribution in [0.3, 0.4) is 0 Å². The molecule has 0 amide bonds. The Bertz CT molecular complexity index is 48.2. The van der Waals surface area contributed by atoms with E-state index in [1.54, 1.807) is 0 Å². The number of rotatable bonds is 1. The molecule has 0 rings (SSSR count). The average molecular weight is 205 g/mol. The van der Waals surface area contributed by atoms with E-state index in [1.165, 1.54) is 0 Å². The zero-order chi connectivity index (χ0) is 4.28. The largest absolute Gasteiger partial charge is 1.00 e. The Balaban J connectivity index is -0.0000000800. The molecule has 0 atom stereocenters. The summed E-state index contributed by atoms with van der Waals surface area (Å²) in [6.45, 7) is -0.889. The molecule has 0 aliphatic rings. The van der Waals surface area contributed by atoms with Gasteiger partial charge in [-0.25, -0.2) is 0 Å². The van der Waals surface area contributed by atoms with Crippen molar-refractivity contribution in [3.8, 4) is 0 Å². The van der Waals surface area contributed by atoms with E-state index in [1.807, 2.05) is 0 Å². The molecule has 0 saturated carbocycles. The third-order valence-electron chi connectivity index (χ3n) is 0.129. The molecule has 0 spiro atoms. The Morgan fingerprint density at radius 1 is 1.71 bits per heavy atom. The second-order valence-corrected chi connectivity index (χ2v) is 0.530. The predicted octanol–water partition coefficient (Wildman–Crippen LogP) is -5.27. The number of aliphatic hydroxyl groups excluding tert-OH is 1. The van der Waals surface area contributed by atoms with Gasteiger partial charge in [0.2, 0.25) is 0 Å². The summed E-state index contributed by atoms with van der Waals surface area (Å²) >= 11 is 0. The molecule has 0 saturated heterocycles. The second kappa shape index (κ2) is 10.8. The van der Waals surface area contributed by atoms with Gasteiger partial charge in [-0.2, -0.15) is 0 Å². The first-order valence-corrected chi connectivity index (χ1v) is 1.08. The first-order valence-electron chi connectivity index (χ1n) is 1.08. The monoisotopic (exact) mass is 204 g/mol. The van der Waals surface area contributed by atoms with Crippen LogP contribution in [0.25, 0.3) is 0 Å². The van der Waals surface area contributed by atoms with Crippen LogP contribution in [0.2, 0.25) is 0 Å². The summed E-state index contributed by atoms with van der Waals surface area (Å²) in [5.74, 6) is -1.44. The molecule has 0 heterocycles. The molecule has 1 N–H and O–H groups in total. The van der Waals surface area contributed by atoms with Gasteiger partial charge >= 0.3 is 51.4 Å². The Morgan fingerprint density at radius 2 is 1.86 bits per heavy atom. The van der Waals surface area contributed by atoms with Gasteiger partial charge < -0.3 is 15.0 Å². The molecule has 5 heteroatoms. The van der Waals surface area contributed by atoms with Crippen molar-refractivity contribution in [3.63, 3.8) is 0 Å². The summed E-state index contributed by atoms with van der Waals surface area (Å²) in [4.78, 5) is 9.01. The maximum atomic E-state index is 9.01. The van der Waals surface area contributed by atoms with E-state index in [4.69, 9.17) is 15.0 Å². The molecular formula is C2H3KO3Zr. The molecule has 0 fully saturated rings. The Hall–Kier alpha value is 1.95. The molecule has 34 valence electrons. The molecule has 0 aromatic rings. The maximum Gasteiger partial charge on any atom is 1.00 e. The minimum Gasteiger partial charge on any atom is -0.548 e. The van der Waals surface area contributed by atoms with E-state index in [2.05, 4.69) is 0 Å². The van der Waals surface area contributed by atoms with Crippen molar-refractivity contribution in [1.82, 2.24) is 0 Å². The Labute approximate surface area is 103 Å². The van der Waals surface area contributed by atoms with Crippen molar-refractivity contribution in [1.29, 1.82) is 0 Å². The van der Waals surface area contributed by atoms with Crippen LogP contribution in [0.1, 0.15) is 0 Å². The SMILES string of the molecule is O=C([O-])CO.[K+].[Zr]. The fourth-order valence-electron chi connectivity index (χ4n) is 0. The van der Waals surface area contributed by atoms with E-state index in [9.17, 15) is 0 Å². The molecule has 0 unspecified atom stereocenters. The second-order valence-electron chi connectivity index (χ2n) is 0.530. The zero-order valence-electron chi connectivity index (χ0n) is 3.97. The molecular weight excluding hydrogens is 202 g/mol. The minimum absolute atomic E-state index is 0. The number of carbonyl (C=O) groups excluding carboxylic acids is 1. The van der Waals surface area contributed by atoms with Crippen LogP contribution in [-0.2, 0) is 31.0 Å². The number of carboxylic acids is 1. The Morgan fingerprint density at radius 3 is 1.86 bits per heavy atom. The summed E-state index contributed by atoms with van der Waals surface area (Å²) in [6, 6.07) is 0. The minimum atomic E-state index is -1.44. The molecule has 3 nitrogen and oxygen atoms in total. The van der Waals surface area contributed by atoms with Crippen LogP contribution in [0.4, 0.5) is 0 Å². The van der Waals surface area contributed by atoms with Gasteiger partial charge in [0.05, 0.1) is 12.6 Å². The molecule has 0 aromatic carbocycles. The number of carboxylic acid groups (broad SMARTS) is 1. The molecule has 0 aliphatic carbocycles. The van der Waals surface area contributed by atoms with Gasteiger partial charge in [-0.15, -0.1) is 0 Å². The summed E-state index contributed by atoms with van der Waals surface area (Å²) < 4.78 is 0. The normalized spacial score (nSPS) is 5.29. The Kier molecular flexibility index (Phi) is 24.8. The van der Waals surface area contributed by atoms with Crippen molar-refractivity contribution in [2.45, 2.75) is 0 Å². The van der Waals surface area contributed by atoms with Gasteiger partial charge in [0.1, 0.15) is 0 Å². The van der Waals surface area contributed by atoms with Gasteiger partial charge in [-0.05, 0) is 0 Å². The van der Waals surface area contributed by atoms with Gasteiger partial charge in [0, 0.05) is 26.2 Å². The fourth-order valence-corrected chi connectivity index (χ4v) is 0. The van der Waals surface area contributed by atoms with E-state index < -0.39 is 12.6 Å². The topological polar surface area (TPSA) is 60.4 Å². The summed E-state index contributed by atoms with van der Waals surface area (Å²) in [5, 5.41) is 16.5. The number of aliphatic hydroxyl groups is 1. The van der Waals surface area contributed by atoms with Crippen LogP contribution in [0, 0.1) is 0 Å². The van der Waals surface area contributed by atoms with Crippen LogP contribution < -0.4 is 56.5 Å². The number of carbonyl (C=O) groups is 1. The summed E-state index contributed by atoms with van der Waals surface area (Å²) in [7, 11) is 0. The first-order chi connectivity index (χ1) is 2.27. The van der Waals surface area contributed by atoms with E-state index >= 15 is 0 Å². The number of hydrogen-bond acceptors (Lipinski definition) is 3. The first kappa shape index (κ1) is 16.0. The van der Waals surface area contributed by atoms with Crippen LogP contribution in [0.5, 0.6) is 0 Å². The van der Waals surface area contributed by atoms with E-state index in [0.717, 1.165) is 0 Å². The fraction of sp³-hybridized carbons (Fsp3) is 0.500. The van der Waals surface area contributed by atoms with E-state index in [-0.39, 0.29) is 77.6 Å². The van der Waals surface area contributed by atoms with Crippen LogP contribution in [0.15, 0.2) is 0 Å². The third-order valence-corrected chi connectivity index (χ3v) is 0.129. The third kappa shape index (κ3) is 18.0. The summed E-state index contributed by atoms with van der Waals surface area (Å²) in [6.07, 6.45) is 0. The quantitative estimate of drug-likeness (QED) is 0.435. The molecule has 0 aromatic heterocycles. The number of aliphatic carboxylic acids is 1. The van der Waals surface area contributed by atoms with Gasteiger partial charge in [0.15, 0.2) is 0 Å². The molecule has 0 bridgehead atoms. The van der Waals surface area contributed by atoms with Crippen molar-refractivity contribution in [3.05, 3.63) is 0 Å².